The smallest absolute Gasteiger partial charge is 0.256 e. The topological polar surface area (TPSA) is 42.4 Å². The molecule has 2 N–H and O–H groups in total. The fourth-order valence-electron chi connectivity index (χ4n) is 2.13. The fourth-order valence-corrected chi connectivity index (χ4v) is 3.84. The van der Waals surface area contributed by atoms with E-state index in [2.05, 4.69) is 46.9 Å². The van der Waals surface area contributed by atoms with Crippen molar-refractivity contribution in [2.24, 2.45) is 0 Å². The van der Waals surface area contributed by atoms with Gasteiger partial charge >= 0.3 is 0 Å². The van der Waals surface area contributed by atoms with Crippen LogP contribution in [0.5, 0.6) is 0 Å². The molecule has 2 heterocycles. The molecule has 3 rings (SSSR count). The lowest BCUT2D eigenvalue weighted by Crippen LogP contribution is -2.70. The van der Waals surface area contributed by atoms with Gasteiger partial charge in [0.05, 0.1) is 21.3 Å². The van der Waals surface area contributed by atoms with Crippen molar-refractivity contribution in [1.82, 2.24) is 9.97 Å². The molecule has 0 spiro atoms. The summed E-state index contributed by atoms with van der Waals surface area (Å²) < 4.78 is 0. The van der Waals surface area contributed by atoms with E-state index in [1.807, 2.05) is 13.8 Å². The lowest BCUT2D eigenvalue weighted by Gasteiger charge is -1.97. The van der Waals surface area contributed by atoms with Crippen LogP contribution in [-0.4, -0.2) is 9.97 Å². The normalized spacial score (nSPS) is 10.9. The highest BCUT2D eigenvalue weighted by atomic mass is 32.1. The molecule has 5 heteroatoms. The summed E-state index contributed by atoms with van der Waals surface area (Å²) in [5.74, 6) is 0. The van der Waals surface area contributed by atoms with Gasteiger partial charge in [0.15, 0.2) is 0 Å². The molecule has 0 fully saturated rings. The summed E-state index contributed by atoms with van der Waals surface area (Å²) in [6.45, 7) is 6.18. The van der Waals surface area contributed by atoms with E-state index in [4.69, 9.17) is 4.98 Å². The van der Waals surface area contributed by atoms with Crippen molar-refractivity contribution < 1.29 is 5.32 Å². The van der Waals surface area contributed by atoms with E-state index in [0.29, 0.717) is 0 Å². The Morgan fingerprint density at radius 3 is 2.65 bits per heavy atom. The molecule has 0 bridgehead atoms. The van der Waals surface area contributed by atoms with Gasteiger partial charge in [-0.2, -0.15) is 4.98 Å². The minimum absolute atomic E-state index is 1.04. The third-order valence-electron chi connectivity index (χ3n) is 2.99. The molecule has 0 atom stereocenters. The van der Waals surface area contributed by atoms with Crippen LogP contribution in [0.2, 0.25) is 0 Å². The molecule has 0 radical (unpaired) electrons. The van der Waals surface area contributed by atoms with Gasteiger partial charge in [-0.1, -0.05) is 23.5 Å². The van der Waals surface area contributed by atoms with Crippen LogP contribution in [0.25, 0.3) is 10.6 Å². The number of quaternary nitrogens is 1. The standard InChI is InChI=1S/C15H15N3S2/c1-9-5-4-6-12(7-9)17-15-18-13(8-19-15)14-10(2)16-11(3)20-14/h4-8H,1-3H3,(H,17,18)/p+1. The van der Waals surface area contributed by atoms with E-state index in [1.165, 1.54) is 16.1 Å². The van der Waals surface area contributed by atoms with E-state index < -0.39 is 0 Å². The van der Waals surface area contributed by atoms with Crippen molar-refractivity contribution in [2.75, 3.05) is 0 Å². The predicted octanol–water partition coefficient (Wildman–Crippen LogP) is 3.72. The van der Waals surface area contributed by atoms with Crippen LogP contribution >= 0.6 is 22.7 Å². The van der Waals surface area contributed by atoms with Crippen molar-refractivity contribution in [3.8, 4) is 10.6 Å². The van der Waals surface area contributed by atoms with Crippen LogP contribution in [0.1, 0.15) is 16.3 Å². The molecule has 0 amide bonds. The summed E-state index contributed by atoms with van der Waals surface area (Å²) >= 11 is 3.38. The minimum Gasteiger partial charge on any atom is -0.256 e. The van der Waals surface area contributed by atoms with Gasteiger partial charge < -0.3 is 0 Å². The van der Waals surface area contributed by atoms with Gasteiger partial charge in [0.1, 0.15) is 5.69 Å². The van der Waals surface area contributed by atoms with E-state index >= 15 is 0 Å². The second-order valence-electron chi connectivity index (χ2n) is 4.78. The zero-order valence-electron chi connectivity index (χ0n) is 11.7. The number of nitrogens with two attached hydrogens (primary N) is 1. The number of hydrogen-bond donors (Lipinski definition) is 1. The maximum atomic E-state index is 4.71. The Balaban J connectivity index is 1.85. The lowest BCUT2D eigenvalue weighted by atomic mass is 10.2. The van der Waals surface area contributed by atoms with E-state index in [-0.39, 0.29) is 0 Å². The van der Waals surface area contributed by atoms with Crippen molar-refractivity contribution in [2.45, 2.75) is 20.8 Å². The van der Waals surface area contributed by atoms with Crippen LogP contribution in [0.4, 0.5) is 10.8 Å². The van der Waals surface area contributed by atoms with Gasteiger partial charge in [-0.05, 0) is 32.4 Å². The highest BCUT2D eigenvalue weighted by Crippen LogP contribution is 2.31. The van der Waals surface area contributed by atoms with Gasteiger partial charge in [-0.25, -0.2) is 4.98 Å². The Morgan fingerprint density at radius 1 is 1.10 bits per heavy atom. The van der Waals surface area contributed by atoms with Gasteiger partial charge in [-0.3, -0.25) is 5.32 Å². The quantitative estimate of drug-likeness (QED) is 0.749. The zero-order valence-corrected chi connectivity index (χ0v) is 13.3. The number of nitrogens with zero attached hydrogens (tertiary/aromatic N) is 2. The Labute approximate surface area is 126 Å². The molecule has 102 valence electrons. The minimum atomic E-state index is 1.04. The first-order chi connectivity index (χ1) is 9.61. The second-order valence-corrected chi connectivity index (χ2v) is 6.87. The number of hydrogen-bond acceptors (Lipinski definition) is 4. The summed E-state index contributed by atoms with van der Waals surface area (Å²) in [5, 5.41) is 6.37. The lowest BCUT2D eigenvalue weighted by molar-refractivity contribution is -0.478. The van der Waals surface area contributed by atoms with Gasteiger partial charge in [0.2, 0.25) is 0 Å². The summed E-state index contributed by atoms with van der Waals surface area (Å²) in [6.07, 6.45) is 0. The first kappa shape index (κ1) is 13.4. The Kier molecular flexibility index (Phi) is 3.65. The number of thiazole rings is 2. The molecular weight excluding hydrogens is 286 g/mol. The van der Waals surface area contributed by atoms with Crippen LogP contribution < -0.4 is 5.32 Å². The maximum Gasteiger partial charge on any atom is 0.288 e. The van der Waals surface area contributed by atoms with E-state index in [1.54, 1.807) is 22.7 Å². The molecule has 3 nitrogen and oxygen atoms in total. The van der Waals surface area contributed by atoms with Crippen LogP contribution in [-0.2, 0) is 0 Å². The van der Waals surface area contributed by atoms with Crippen LogP contribution in [0.15, 0.2) is 29.6 Å². The molecule has 0 saturated heterocycles. The zero-order chi connectivity index (χ0) is 14.1. The predicted molar refractivity (Wildman–Crippen MR) is 85.1 cm³/mol. The summed E-state index contributed by atoms with van der Waals surface area (Å²) in [7, 11) is 0. The van der Waals surface area contributed by atoms with Crippen LogP contribution in [0.3, 0.4) is 0 Å². The highest BCUT2D eigenvalue weighted by molar-refractivity contribution is 7.16. The first-order valence-electron chi connectivity index (χ1n) is 6.43. The summed E-state index contributed by atoms with van der Waals surface area (Å²) in [5.41, 5.74) is 4.57. The molecule has 1 aromatic carbocycles. The van der Waals surface area contributed by atoms with Gasteiger partial charge in [0, 0.05) is 11.4 Å². The SMILES string of the molecule is Cc1cccc([NH2+]c2nc(-c3sc(C)nc3C)cs2)c1. The fraction of sp³-hybridized carbons (Fsp3) is 0.200. The van der Waals surface area contributed by atoms with E-state index in [9.17, 15) is 0 Å². The summed E-state index contributed by atoms with van der Waals surface area (Å²) in [4.78, 5) is 10.4. The number of rotatable bonds is 3. The molecule has 0 aliphatic carbocycles. The molecule has 20 heavy (non-hydrogen) atoms. The van der Waals surface area contributed by atoms with Crippen molar-refractivity contribution in [1.29, 1.82) is 0 Å². The molecule has 0 aliphatic heterocycles. The molecule has 0 unspecified atom stereocenters. The Bertz CT molecular complexity index is 743. The monoisotopic (exact) mass is 302 g/mol. The van der Waals surface area contributed by atoms with Gasteiger partial charge in [0.25, 0.3) is 5.13 Å². The molecule has 0 saturated carbocycles. The third kappa shape index (κ3) is 2.80. The Hall–Kier alpha value is -1.56. The molecule has 3 aromatic rings. The average molecular weight is 302 g/mol. The van der Waals surface area contributed by atoms with Crippen molar-refractivity contribution >= 4 is 33.5 Å². The highest BCUT2D eigenvalue weighted by Gasteiger charge is 2.13. The Morgan fingerprint density at radius 2 is 1.95 bits per heavy atom. The van der Waals surface area contributed by atoms with E-state index in [0.717, 1.165) is 21.5 Å². The first-order valence-corrected chi connectivity index (χ1v) is 8.13. The van der Waals surface area contributed by atoms with Gasteiger partial charge in [-0.15, -0.1) is 11.3 Å². The third-order valence-corrected chi connectivity index (χ3v) is 4.88. The summed E-state index contributed by atoms with van der Waals surface area (Å²) in [6, 6.07) is 8.46. The largest absolute Gasteiger partial charge is 0.288 e. The van der Waals surface area contributed by atoms with Crippen molar-refractivity contribution in [3.05, 3.63) is 45.9 Å². The number of benzene rings is 1. The van der Waals surface area contributed by atoms with Crippen molar-refractivity contribution in [3.63, 3.8) is 0 Å². The van der Waals surface area contributed by atoms with Crippen LogP contribution in [0, 0.1) is 20.8 Å². The number of aryl methyl sites for hydroxylation is 3. The number of aromatic nitrogens is 2. The molecule has 0 aliphatic rings. The average Bonchev–Trinajstić information content (AvgIpc) is 2.96. The molecule has 2 aromatic heterocycles. The second kappa shape index (κ2) is 5.44. The maximum absolute atomic E-state index is 4.71. The molecular formula is C15H16N3S2+.